The first-order valence-electron chi connectivity index (χ1n) is 3.73. The van der Waals surface area contributed by atoms with Crippen molar-refractivity contribution in [2.45, 2.75) is 6.42 Å². The van der Waals surface area contributed by atoms with E-state index in [-0.39, 0.29) is 11.8 Å². The second-order valence-electron chi connectivity index (χ2n) is 2.77. The number of carbonyl (C=O) groups excluding carboxylic acids is 2. The van der Waals surface area contributed by atoms with Crippen LogP contribution in [0, 0.1) is 0 Å². The van der Waals surface area contributed by atoms with Gasteiger partial charge in [0.1, 0.15) is 0 Å². The maximum atomic E-state index is 11.2. The summed E-state index contributed by atoms with van der Waals surface area (Å²) in [6.45, 7) is 0.519. The van der Waals surface area contributed by atoms with Crippen molar-refractivity contribution in [2.75, 3.05) is 6.54 Å². The third-order valence-electron chi connectivity index (χ3n) is 1.95. The lowest BCUT2D eigenvalue weighted by Crippen LogP contribution is -2.40. The van der Waals surface area contributed by atoms with E-state index in [0.717, 1.165) is 5.57 Å². The average molecular weight is 164 g/mol. The molecular formula is C8H8N2O2. The van der Waals surface area contributed by atoms with Crippen LogP contribution in [-0.4, -0.2) is 18.4 Å². The molecule has 62 valence electrons. The van der Waals surface area contributed by atoms with Crippen LogP contribution in [0.15, 0.2) is 23.4 Å². The molecule has 0 atom stereocenters. The standard InChI is InChI=1S/C8H8N2O2/c11-7-3-5-1-2-9-4-6(5)8(12)10-7/h1-2,9H,3-4H2,(H,10,11,12). The predicted molar refractivity (Wildman–Crippen MR) is 41.9 cm³/mol. The van der Waals surface area contributed by atoms with Gasteiger partial charge in [0.25, 0.3) is 5.91 Å². The summed E-state index contributed by atoms with van der Waals surface area (Å²) < 4.78 is 0. The van der Waals surface area contributed by atoms with Crippen LogP contribution in [0.1, 0.15) is 6.42 Å². The molecule has 0 aromatic rings. The minimum absolute atomic E-state index is 0.217. The number of rotatable bonds is 0. The first-order valence-corrected chi connectivity index (χ1v) is 3.73. The van der Waals surface area contributed by atoms with Gasteiger partial charge >= 0.3 is 0 Å². The van der Waals surface area contributed by atoms with Gasteiger partial charge in [-0.05, 0) is 17.8 Å². The van der Waals surface area contributed by atoms with Crippen molar-refractivity contribution in [3.8, 4) is 0 Å². The van der Waals surface area contributed by atoms with Crippen molar-refractivity contribution in [3.63, 3.8) is 0 Å². The van der Waals surface area contributed by atoms with Gasteiger partial charge in [-0.25, -0.2) is 0 Å². The molecule has 2 heterocycles. The normalized spacial score (nSPS) is 21.7. The average Bonchev–Trinajstić information content (AvgIpc) is 2.04. The number of hydrogen-bond donors (Lipinski definition) is 2. The lowest BCUT2D eigenvalue weighted by molar-refractivity contribution is -0.129. The van der Waals surface area contributed by atoms with Crippen LogP contribution in [0.2, 0.25) is 0 Å². The van der Waals surface area contributed by atoms with Crippen LogP contribution in [0.4, 0.5) is 0 Å². The maximum Gasteiger partial charge on any atom is 0.255 e. The molecule has 0 saturated heterocycles. The van der Waals surface area contributed by atoms with E-state index in [1.807, 2.05) is 0 Å². The van der Waals surface area contributed by atoms with E-state index < -0.39 is 0 Å². The van der Waals surface area contributed by atoms with Crippen LogP contribution in [0.25, 0.3) is 0 Å². The molecule has 2 N–H and O–H groups in total. The molecule has 2 rings (SSSR count). The predicted octanol–water partition coefficient (Wildman–Crippen LogP) is -0.554. The number of amides is 2. The summed E-state index contributed by atoms with van der Waals surface area (Å²) >= 11 is 0. The minimum atomic E-state index is -0.266. The van der Waals surface area contributed by atoms with Crippen molar-refractivity contribution < 1.29 is 9.59 Å². The summed E-state index contributed by atoms with van der Waals surface area (Å²) in [5.41, 5.74) is 1.51. The fourth-order valence-electron chi connectivity index (χ4n) is 1.35. The summed E-state index contributed by atoms with van der Waals surface area (Å²) in [4.78, 5) is 22.1. The second kappa shape index (κ2) is 2.48. The highest BCUT2D eigenvalue weighted by Crippen LogP contribution is 2.17. The van der Waals surface area contributed by atoms with E-state index in [1.54, 1.807) is 12.3 Å². The van der Waals surface area contributed by atoms with Crippen molar-refractivity contribution in [2.24, 2.45) is 0 Å². The van der Waals surface area contributed by atoms with E-state index in [4.69, 9.17) is 0 Å². The zero-order valence-corrected chi connectivity index (χ0v) is 6.39. The van der Waals surface area contributed by atoms with Crippen LogP contribution in [-0.2, 0) is 9.59 Å². The number of allylic oxidation sites excluding steroid dienone is 1. The summed E-state index contributed by atoms with van der Waals surface area (Å²) in [5.74, 6) is -0.483. The van der Waals surface area contributed by atoms with Gasteiger partial charge < -0.3 is 5.32 Å². The topological polar surface area (TPSA) is 58.2 Å². The Kier molecular flexibility index (Phi) is 1.46. The highest BCUT2D eigenvalue weighted by Gasteiger charge is 2.24. The maximum absolute atomic E-state index is 11.2. The molecule has 2 aliphatic rings. The molecule has 4 nitrogen and oxygen atoms in total. The lowest BCUT2D eigenvalue weighted by Gasteiger charge is -2.20. The molecule has 0 aliphatic carbocycles. The van der Waals surface area contributed by atoms with Crippen LogP contribution in [0.5, 0.6) is 0 Å². The number of imide groups is 1. The van der Waals surface area contributed by atoms with E-state index in [2.05, 4.69) is 10.6 Å². The molecule has 4 heteroatoms. The molecule has 0 aromatic heterocycles. The smallest absolute Gasteiger partial charge is 0.255 e. The fourth-order valence-corrected chi connectivity index (χ4v) is 1.35. The highest BCUT2D eigenvalue weighted by atomic mass is 16.2. The summed E-state index contributed by atoms with van der Waals surface area (Å²) in [6, 6.07) is 0. The molecule has 0 spiro atoms. The van der Waals surface area contributed by atoms with Gasteiger partial charge in [-0.3, -0.25) is 14.9 Å². The molecule has 2 aliphatic heterocycles. The van der Waals surface area contributed by atoms with Gasteiger partial charge in [0.15, 0.2) is 0 Å². The quantitative estimate of drug-likeness (QED) is 0.472. The molecule has 2 amide bonds. The van der Waals surface area contributed by atoms with Gasteiger partial charge in [-0.1, -0.05) is 0 Å². The van der Waals surface area contributed by atoms with Gasteiger partial charge in [-0.15, -0.1) is 0 Å². The number of hydrogen-bond acceptors (Lipinski definition) is 3. The lowest BCUT2D eigenvalue weighted by atomic mass is 9.98. The third-order valence-corrected chi connectivity index (χ3v) is 1.95. The van der Waals surface area contributed by atoms with Crippen molar-refractivity contribution >= 4 is 11.8 Å². The van der Waals surface area contributed by atoms with Crippen LogP contribution in [0.3, 0.4) is 0 Å². The fraction of sp³-hybridized carbons (Fsp3) is 0.250. The Morgan fingerprint density at radius 2 is 2.17 bits per heavy atom. The van der Waals surface area contributed by atoms with E-state index in [9.17, 15) is 9.59 Å². The summed E-state index contributed by atoms with van der Waals surface area (Å²) in [5, 5.41) is 5.19. The van der Waals surface area contributed by atoms with E-state index in [0.29, 0.717) is 18.5 Å². The Morgan fingerprint density at radius 3 is 3.00 bits per heavy atom. The van der Waals surface area contributed by atoms with Crippen molar-refractivity contribution in [1.29, 1.82) is 0 Å². The van der Waals surface area contributed by atoms with Gasteiger partial charge in [0.2, 0.25) is 5.91 Å². The number of nitrogens with one attached hydrogen (secondary N) is 2. The van der Waals surface area contributed by atoms with Gasteiger partial charge in [0, 0.05) is 12.1 Å². The Labute approximate surface area is 69.3 Å². The molecule has 0 unspecified atom stereocenters. The minimum Gasteiger partial charge on any atom is -0.387 e. The first kappa shape index (κ1) is 7.09. The number of dihydropyridines is 1. The first-order chi connectivity index (χ1) is 5.77. The monoisotopic (exact) mass is 164 g/mol. The van der Waals surface area contributed by atoms with E-state index >= 15 is 0 Å². The van der Waals surface area contributed by atoms with Crippen LogP contribution >= 0.6 is 0 Å². The van der Waals surface area contributed by atoms with Gasteiger partial charge in [-0.2, -0.15) is 0 Å². The molecular weight excluding hydrogens is 156 g/mol. The molecule has 0 radical (unpaired) electrons. The van der Waals surface area contributed by atoms with Crippen LogP contribution < -0.4 is 10.6 Å². The van der Waals surface area contributed by atoms with Crippen molar-refractivity contribution in [3.05, 3.63) is 23.4 Å². The number of carbonyl (C=O) groups is 2. The molecule has 0 fully saturated rings. The van der Waals surface area contributed by atoms with Gasteiger partial charge in [0.05, 0.1) is 6.42 Å². The van der Waals surface area contributed by atoms with Crippen molar-refractivity contribution in [1.82, 2.24) is 10.6 Å². The summed E-state index contributed by atoms with van der Waals surface area (Å²) in [7, 11) is 0. The second-order valence-corrected chi connectivity index (χ2v) is 2.77. The third kappa shape index (κ3) is 1.01. The zero-order chi connectivity index (χ0) is 8.55. The summed E-state index contributed by atoms with van der Waals surface area (Å²) in [6.07, 6.45) is 3.85. The Morgan fingerprint density at radius 1 is 1.33 bits per heavy atom. The molecule has 12 heavy (non-hydrogen) atoms. The highest BCUT2D eigenvalue weighted by molar-refractivity contribution is 6.09. The Hall–Kier alpha value is -1.58. The molecule has 0 aromatic carbocycles. The van der Waals surface area contributed by atoms with E-state index in [1.165, 1.54) is 0 Å². The Balaban J connectivity index is 2.39. The largest absolute Gasteiger partial charge is 0.387 e. The molecule has 0 bridgehead atoms. The zero-order valence-electron chi connectivity index (χ0n) is 6.39. The SMILES string of the molecule is O=C1CC2=C(CNC=C2)C(=O)N1. The Bertz CT molecular complexity index is 315. The molecule has 0 saturated carbocycles.